The van der Waals surface area contributed by atoms with Gasteiger partial charge < -0.3 is 5.11 Å². The second-order valence-electron chi connectivity index (χ2n) is 3.54. The van der Waals surface area contributed by atoms with Crippen LogP contribution in [0.1, 0.15) is 22.1 Å². The average molecular weight is 301 g/mol. The van der Waals surface area contributed by atoms with E-state index in [1.807, 2.05) is 18.4 Å². The lowest BCUT2D eigenvalue weighted by Crippen LogP contribution is -1.99. The highest BCUT2D eigenvalue weighted by atomic mass is 79.9. The summed E-state index contributed by atoms with van der Waals surface area (Å²) in [7, 11) is 0. The summed E-state index contributed by atoms with van der Waals surface area (Å²) >= 11 is 4.62. The minimum atomic E-state index is -0.683. The summed E-state index contributed by atoms with van der Waals surface area (Å²) < 4.78 is 13.4. The minimum Gasteiger partial charge on any atom is -0.383 e. The standard InChI is InChI=1S/C12H10BrFOS/c1-7-4-5-16-12(7)11(15)8-2-3-10(14)9(13)6-8/h2-6,11,15H,1H3. The number of aryl methyl sites for hydroxylation is 1. The molecule has 1 aromatic heterocycles. The first-order chi connectivity index (χ1) is 7.59. The smallest absolute Gasteiger partial charge is 0.137 e. The number of benzene rings is 1. The largest absolute Gasteiger partial charge is 0.383 e. The first kappa shape index (κ1) is 11.8. The fraction of sp³-hybridized carbons (Fsp3) is 0.167. The molecule has 84 valence electrons. The van der Waals surface area contributed by atoms with Crippen LogP contribution in [0.15, 0.2) is 34.1 Å². The topological polar surface area (TPSA) is 20.2 Å². The van der Waals surface area contributed by atoms with E-state index < -0.39 is 6.10 Å². The van der Waals surface area contributed by atoms with Crippen LogP contribution in [0.5, 0.6) is 0 Å². The molecule has 2 aromatic rings. The zero-order valence-corrected chi connectivity index (χ0v) is 11.0. The Bertz CT molecular complexity index is 509. The normalized spacial score (nSPS) is 12.8. The molecule has 0 fully saturated rings. The Kier molecular flexibility index (Phi) is 3.42. The Hall–Kier alpha value is -0.710. The van der Waals surface area contributed by atoms with E-state index in [4.69, 9.17) is 0 Å². The van der Waals surface area contributed by atoms with Crippen molar-refractivity contribution in [2.24, 2.45) is 0 Å². The summed E-state index contributed by atoms with van der Waals surface area (Å²) in [6, 6.07) is 6.52. The van der Waals surface area contributed by atoms with Crippen LogP contribution < -0.4 is 0 Å². The van der Waals surface area contributed by atoms with Gasteiger partial charge in [-0.05, 0) is 57.6 Å². The van der Waals surface area contributed by atoms with Gasteiger partial charge >= 0.3 is 0 Å². The van der Waals surface area contributed by atoms with E-state index in [1.54, 1.807) is 12.1 Å². The van der Waals surface area contributed by atoms with Crippen molar-refractivity contribution in [3.63, 3.8) is 0 Å². The van der Waals surface area contributed by atoms with Crippen LogP contribution in [0.25, 0.3) is 0 Å². The molecule has 1 unspecified atom stereocenters. The van der Waals surface area contributed by atoms with Crippen molar-refractivity contribution in [1.29, 1.82) is 0 Å². The fourth-order valence-electron chi connectivity index (χ4n) is 1.50. The SMILES string of the molecule is Cc1ccsc1C(O)c1ccc(F)c(Br)c1. The van der Waals surface area contributed by atoms with Gasteiger partial charge in [-0.25, -0.2) is 4.39 Å². The molecule has 0 amide bonds. The molecule has 4 heteroatoms. The van der Waals surface area contributed by atoms with Crippen LogP contribution in [0.4, 0.5) is 4.39 Å². The summed E-state index contributed by atoms with van der Waals surface area (Å²) in [5.41, 5.74) is 1.75. The van der Waals surface area contributed by atoms with Crippen molar-refractivity contribution in [2.75, 3.05) is 0 Å². The van der Waals surface area contributed by atoms with Crippen molar-refractivity contribution in [2.45, 2.75) is 13.0 Å². The minimum absolute atomic E-state index is 0.321. The predicted octanol–water partition coefficient (Wildman–Crippen LogP) is 4.04. The molecule has 0 spiro atoms. The van der Waals surface area contributed by atoms with Crippen LogP contribution in [0.3, 0.4) is 0 Å². The van der Waals surface area contributed by atoms with Crippen LogP contribution in [-0.2, 0) is 0 Å². The molecule has 1 N–H and O–H groups in total. The molecule has 0 aliphatic heterocycles. The van der Waals surface area contributed by atoms with Crippen LogP contribution in [0.2, 0.25) is 0 Å². The lowest BCUT2D eigenvalue weighted by atomic mass is 10.1. The van der Waals surface area contributed by atoms with Gasteiger partial charge in [-0.3, -0.25) is 0 Å². The molecule has 2 rings (SSSR count). The molecule has 1 aromatic carbocycles. The van der Waals surface area contributed by atoms with Gasteiger partial charge in [-0.2, -0.15) is 0 Å². The maximum absolute atomic E-state index is 13.1. The van der Waals surface area contributed by atoms with Crippen molar-refractivity contribution < 1.29 is 9.50 Å². The van der Waals surface area contributed by atoms with E-state index in [-0.39, 0.29) is 5.82 Å². The van der Waals surface area contributed by atoms with Crippen molar-refractivity contribution in [3.8, 4) is 0 Å². The van der Waals surface area contributed by atoms with Crippen molar-refractivity contribution in [3.05, 3.63) is 55.9 Å². The predicted molar refractivity (Wildman–Crippen MR) is 67.2 cm³/mol. The van der Waals surface area contributed by atoms with Crippen LogP contribution in [-0.4, -0.2) is 5.11 Å². The van der Waals surface area contributed by atoms with Gasteiger partial charge in [0.15, 0.2) is 0 Å². The van der Waals surface area contributed by atoms with Gasteiger partial charge in [-0.1, -0.05) is 6.07 Å². The summed E-state index contributed by atoms with van der Waals surface area (Å²) in [4.78, 5) is 0.901. The van der Waals surface area contributed by atoms with E-state index in [0.717, 1.165) is 10.4 Å². The zero-order valence-electron chi connectivity index (χ0n) is 8.58. The Morgan fingerprint density at radius 1 is 1.38 bits per heavy atom. The molecule has 0 saturated heterocycles. The van der Waals surface area contributed by atoms with Gasteiger partial charge in [0, 0.05) is 4.88 Å². The molecule has 0 radical (unpaired) electrons. The molecule has 1 nitrogen and oxygen atoms in total. The zero-order chi connectivity index (χ0) is 11.7. The number of thiophene rings is 1. The average Bonchev–Trinajstić information content (AvgIpc) is 2.67. The number of hydrogen-bond acceptors (Lipinski definition) is 2. The van der Waals surface area contributed by atoms with Crippen LogP contribution >= 0.6 is 27.3 Å². The second kappa shape index (κ2) is 4.65. The van der Waals surface area contributed by atoms with Gasteiger partial charge in [0.2, 0.25) is 0 Å². The third kappa shape index (κ3) is 2.19. The third-order valence-corrected chi connectivity index (χ3v) is 4.09. The summed E-state index contributed by atoms with van der Waals surface area (Å²) in [6.07, 6.45) is -0.683. The molecular weight excluding hydrogens is 291 g/mol. The molecule has 0 saturated carbocycles. The van der Waals surface area contributed by atoms with Gasteiger partial charge in [0.05, 0.1) is 4.47 Å². The van der Waals surface area contributed by atoms with E-state index >= 15 is 0 Å². The first-order valence-electron chi connectivity index (χ1n) is 4.76. The van der Waals surface area contributed by atoms with Crippen molar-refractivity contribution >= 4 is 27.3 Å². The number of hydrogen-bond donors (Lipinski definition) is 1. The maximum Gasteiger partial charge on any atom is 0.137 e. The molecule has 0 aliphatic carbocycles. The summed E-state index contributed by atoms with van der Waals surface area (Å²) in [6.45, 7) is 1.95. The van der Waals surface area contributed by atoms with Gasteiger partial charge in [0.25, 0.3) is 0 Å². The Labute approximate surface area is 106 Å². The van der Waals surface area contributed by atoms with Gasteiger partial charge in [-0.15, -0.1) is 11.3 Å². The highest BCUT2D eigenvalue weighted by Gasteiger charge is 2.15. The molecule has 1 heterocycles. The fourth-order valence-corrected chi connectivity index (χ4v) is 2.83. The van der Waals surface area contributed by atoms with Crippen molar-refractivity contribution in [1.82, 2.24) is 0 Å². The molecule has 0 aliphatic rings. The Balaban J connectivity index is 2.38. The lowest BCUT2D eigenvalue weighted by Gasteiger charge is -2.11. The van der Waals surface area contributed by atoms with E-state index in [1.165, 1.54) is 17.4 Å². The molecule has 0 bridgehead atoms. The second-order valence-corrected chi connectivity index (χ2v) is 5.35. The Morgan fingerprint density at radius 3 is 2.69 bits per heavy atom. The first-order valence-corrected chi connectivity index (χ1v) is 6.44. The highest BCUT2D eigenvalue weighted by molar-refractivity contribution is 9.10. The number of aliphatic hydroxyl groups is 1. The lowest BCUT2D eigenvalue weighted by molar-refractivity contribution is 0.223. The monoisotopic (exact) mass is 300 g/mol. The third-order valence-electron chi connectivity index (χ3n) is 2.41. The Morgan fingerprint density at radius 2 is 2.12 bits per heavy atom. The van der Waals surface area contributed by atoms with Gasteiger partial charge in [0.1, 0.15) is 11.9 Å². The molecule has 1 atom stereocenters. The summed E-state index contributed by atoms with van der Waals surface area (Å²) in [5.74, 6) is -0.321. The van der Waals surface area contributed by atoms with E-state index in [9.17, 15) is 9.50 Å². The highest BCUT2D eigenvalue weighted by Crippen LogP contribution is 2.31. The van der Waals surface area contributed by atoms with E-state index in [0.29, 0.717) is 10.0 Å². The number of halogens is 2. The van der Waals surface area contributed by atoms with E-state index in [2.05, 4.69) is 15.9 Å². The maximum atomic E-state index is 13.1. The quantitative estimate of drug-likeness (QED) is 0.887. The number of aliphatic hydroxyl groups excluding tert-OH is 1. The van der Waals surface area contributed by atoms with Crippen LogP contribution in [0, 0.1) is 12.7 Å². The summed E-state index contributed by atoms with van der Waals surface area (Å²) in [5, 5.41) is 12.1. The molecular formula is C12H10BrFOS. The molecule has 16 heavy (non-hydrogen) atoms. The number of rotatable bonds is 2.